The van der Waals surface area contributed by atoms with Gasteiger partial charge in [0, 0.05) is 16.8 Å². The van der Waals surface area contributed by atoms with Gasteiger partial charge in [0.25, 0.3) is 0 Å². The van der Waals surface area contributed by atoms with Gasteiger partial charge < -0.3 is 5.11 Å². The van der Waals surface area contributed by atoms with Crippen molar-refractivity contribution in [2.45, 2.75) is 11.7 Å². The van der Waals surface area contributed by atoms with Gasteiger partial charge in [0.05, 0.1) is 5.92 Å². The van der Waals surface area contributed by atoms with Crippen molar-refractivity contribution in [3.63, 3.8) is 0 Å². The molecule has 0 saturated carbocycles. The van der Waals surface area contributed by atoms with E-state index < -0.39 is 5.97 Å². The molecule has 64 valence electrons. The van der Waals surface area contributed by atoms with E-state index in [1.807, 2.05) is 0 Å². The van der Waals surface area contributed by atoms with Crippen molar-refractivity contribution in [1.82, 2.24) is 0 Å². The van der Waals surface area contributed by atoms with Gasteiger partial charge in [-0.25, -0.2) is 0 Å². The molecule has 0 bridgehead atoms. The first-order valence-electron chi connectivity index (χ1n) is 3.57. The monoisotopic (exact) mass is 192 g/mol. The Hall–Kier alpha value is 0.170. The molecule has 11 heavy (non-hydrogen) atoms. The van der Waals surface area contributed by atoms with Crippen LogP contribution in [0.4, 0.5) is 0 Å². The van der Waals surface area contributed by atoms with Crippen molar-refractivity contribution in [1.29, 1.82) is 0 Å². The molecular formula is C7H12O2S2. The highest BCUT2D eigenvalue weighted by atomic mass is 32.2. The van der Waals surface area contributed by atoms with Gasteiger partial charge in [-0.1, -0.05) is 0 Å². The standard InChI is InChI=1S/C7H12O2S2/c1-10-4-6-2-5(3-11-6)7(8)9/h5-6H,2-4H2,1H3,(H,8,9). The van der Waals surface area contributed by atoms with Crippen LogP contribution < -0.4 is 0 Å². The molecular weight excluding hydrogens is 180 g/mol. The predicted molar refractivity (Wildman–Crippen MR) is 50.4 cm³/mol. The zero-order valence-electron chi connectivity index (χ0n) is 6.45. The number of hydrogen-bond acceptors (Lipinski definition) is 3. The minimum atomic E-state index is -0.624. The summed E-state index contributed by atoms with van der Waals surface area (Å²) < 4.78 is 0. The SMILES string of the molecule is CSCC1CC(C(=O)O)CS1. The molecule has 2 unspecified atom stereocenters. The highest BCUT2D eigenvalue weighted by Gasteiger charge is 2.29. The summed E-state index contributed by atoms with van der Waals surface area (Å²) in [7, 11) is 0. The number of hydrogen-bond donors (Lipinski definition) is 1. The Bertz CT molecular complexity index is 149. The average Bonchev–Trinajstić information content (AvgIpc) is 2.37. The molecule has 0 radical (unpaired) electrons. The van der Waals surface area contributed by atoms with Gasteiger partial charge in [-0.05, 0) is 12.7 Å². The van der Waals surface area contributed by atoms with Crippen LogP contribution in [-0.4, -0.2) is 34.1 Å². The fraction of sp³-hybridized carbons (Fsp3) is 0.857. The summed E-state index contributed by atoms with van der Waals surface area (Å²) in [5.41, 5.74) is 0. The topological polar surface area (TPSA) is 37.3 Å². The van der Waals surface area contributed by atoms with Crippen LogP contribution in [0.25, 0.3) is 0 Å². The number of carbonyl (C=O) groups is 1. The molecule has 1 aliphatic heterocycles. The number of aliphatic carboxylic acids is 1. The molecule has 1 fully saturated rings. The van der Waals surface area contributed by atoms with Gasteiger partial charge in [-0.3, -0.25) is 4.79 Å². The van der Waals surface area contributed by atoms with E-state index in [4.69, 9.17) is 5.11 Å². The lowest BCUT2D eigenvalue weighted by atomic mass is 10.1. The molecule has 0 spiro atoms. The van der Waals surface area contributed by atoms with Crippen LogP contribution in [0.3, 0.4) is 0 Å². The quantitative estimate of drug-likeness (QED) is 0.736. The third-order valence-electron chi connectivity index (χ3n) is 1.78. The number of carboxylic acid groups (broad SMARTS) is 1. The Morgan fingerprint density at radius 2 is 2.55 bits per heavy atom. The largest absolute Gasteiger partial charge is 0.481 e. The second-order valence-electron chi connectivity index (χ2n) is 2.68. The molecule has 0 aromatic heterocycles. The number of carboxylic acids is 1. The zero-order chi connectivity index (χ0) is 8.27. The molecule has 0 amide bonds. The van der Waals surface area contributed by atoms with Crippen molar-refractivity contribution in [2.24, 2.45) is 5.92 Å². The summed E-state index contributed by atoms with van der Waals surface area (Å²) in [5, 5.41) is 9.25. The Balaban J connectivity index is 2.29. The van der Waals surface area contributed by atoms with E-state index in [0.29, 0.717) is 5.25 Å². The van der Waals surface area contributed by atoms with Crippen LogP contribution in [0.15, 0.2) is 0 Å². The number of thioether (sulfide) groups is 2. The van der Waals surface area contributed by atoms with Gasteiger partial charge in [0.15, 0.2) is 0 Å². The maximum Gasteiger partial charge on any atom is 0.307 e. The summed E-state index contributed by atoms with van der Waals surface area (Å²) in [4.78, 5) is 10.5. The molecule has 0 aliphatic carbocycles. The Morgan fingerprint density at radius 3 is 3.00 bits per heavy atom. The van der Waals surface area contributed by atoms with E-state index in [-0.39, 0.29) is 5.92 Å². The molecule has 0 aromatic carbocycles. The third kappa shape index (κ3) is 2.60. The van der Waals surface area contributed by atoms with Gasteiger partial charge in [-0.2, -0.15) is 23.5 Å². The summed E-state index contributed by atoms with van der Waals surface area (Å²) in [6.45, 7) is 0. The first-order valence-corrected chi connectivity index (χ1v) is 6.01. The maximum absolute atomic E-state index is 10.5. The highest BCUT2D eigenvalue weighted by Crippen LogP contribution is 2.32. The van der Waals surface area contributed by atoms with Crippen molar-refractivity contribution in [3.8, 4) is 0 Å². The summed E-state index contributed by atoms with van der Waals surface area (Å²) in [5.74, 6) is 1.19. The first kappa shape index (κ1) is 9.26. The van der Waals surface area contributed by atoms with E-state index in [2.05, 4.69) is 6.26 Å². The van der Waals surface area contributed by atoms with Crippen LogP contribution in [0, 0.1) is 5.92 Å². The van der Waals surface area contributed by atoms with Crippen LogP contribution in [0.2, 0.25) is 0 Å². The summed E-state index contributed by atoms with van der Waals surface area (Å²) in [6.07, 6.45) is 2.93. The van der Waals surface area contributed by atoms with E-state index in [1.54, 1.807) is 23.5 Å². The fourth-order valence-electron chi connectivity index (χ4n) is 1.18. The molecule has 1 rings (SSSR count). The normalized spacial score (nSPS) is 30.6. The van der Waals surface area contributed by atoms with Gasteiger partial charge in [0.1, 0.15) is 0 Å². The maximum atomic E-state index is 10.5. The molecule has 2 atom stereocenters. The minimum Gasteiger partial charge on any atom is -0.481 e. The Labute approximate surface area is 75.1 Å². The molecule has 4 heteroatoms. The van der Waals surface area contributed by atoms with Gasteiger partial charge in [-0.15, -0.1) is 0 Å². The third-order valence-corrected chi connectivity index (χ3v) is 4.15. The Kier molecular flexibility index (Phi) is 3.59. The Morgan fingerprint density at radius 1 is 1.82 bits per heavy atom. The second kappa shape index (κ2) is 4.26. The highest BCUT2D eigenvalue weighted by molar-refractivity contribution is 8.03. The lowest BCUT2D eigenvalue weighted by molar-refractivity contribution is -0.140. The summed E-state index contributed by atoms with van der Waals surface area (Å²) in [6, 6.07) is 0. The van der Waals surface area contributed by atoms with Crippen LogP contribution >= 0.6 is 23.5 Å². The first-order chi connectivity index (χ1) is 5.24. The lowest BCUT2D eigenvalue weighted by Gasteiger charge is -2.04. The minimum absolute atomic E-state index is 0.0860. The molecule has 2 nitrogen and oxygen atoms in total. The summed E-state index contributed by atoms with van der Waals surface area (Å²) >= 11 is 3.60. The molecule has 0 aromatic rings. The zero-order valence-corrected chi connectivity index (χ0v) is 8.08. The van der Waals surface area contributed by atoms with Crippen molar-refractivity contribution in [2.75, 3.05) is 17.8 Å². The van der Waals surface area contributed by atoms with Gasteiger partial charge in [0.2, 0.25) is 0 Å². The smallest absolute Gasteiger partial charge is 0.307 e. The van der Waals surface area contributed by atoms with Crippen LogP contribution in [-0.2, 0) is 4.79 Å². The number of rotatable bonds is 3. The van der Waals surface area contributed by atoms with Crippen molar-refractivity contribution < 1.29 is 9.90 Å². The van der Waals surface area contributed by atoms with Crippen molar-refractivity contribution >= 4 is 29.5 Å². The molecule has 1 N–H and O–H groups in total. The van der Waals surface area contributed by atoms with E-state index in [9.17, 15) is 4.79 Å². The van der Waals surface area contributed by atoms with Crippen LogP contribution in [0.1, 0.15) is 6.42 Å². The second-order valence-corrected chi connectivity index (χ2v) is 4.93. The lowest BCUT2D eigenvalue weighted by Crippen LogP contribution is -2.13. The van der Waals surface area contributed by atoms with Crippen molar-refractivity contribution in [3.05, 3.63) is 0 Å². The fourth-order valence-corrected chi connectivity index (χ4v) is 3.63. The average molecular weight is 192 g/mol. The van der Waals surface area contributed by atoms with Gasteiger partial charge >= 0.3 is 5.97 Å². The molecule has 1 saturated heterocycles. The predicted octanol–water partition coefficient (Wildman–Crippen LogP) is 1.56. The van der Waals surface area contributed by atoms with E-state index >= 15 is 0 Å². The molecule has 1 aliphatic rings. The van der Waals surface area contributed by atoms with E-state index in [1.165, 1.54) is 0 Å². The molecule has 1 heterocycles. The van der Waals surface area contributed by atoms with E-state index in [0.717, 1.165) is 17.9 Å². The van der Waals surface area contributed by atoms with Crippen LogP contribution in [0.5, 0.6) is 0 Å².